The van der Waals surface area contributed by atoms with Crippen LogP contribution in [0, 0.1) is 0 Å². The molecular formula is C13H15NO4S. The fourth-order valence-corrected chi connectivity index (χ4v) is 1.97. The smallest absolute Gasteiger partial charge is 0.337 e. The average molecular weight is 281 g/mol. The van der Waals surface area contributed by atoms with Gasteiger partial charge >= 0.3 is 5.97 Å². The van der Waals surface area contributed by atoms with E-state index in [1.54, 1.807) is 24.3 Å². The van der Waals surface area contributed by atoms with Crippen LogP contribution >= 0.6 is 12.2 Å². The molecule has 102 valence electrons. The topological polar surface area (TPSA) is 48.0 Å². The van der Waals surface area contributed by atoms with Gasteiger partial charge in [-0.1, -0.05) is 0 Å². The average Bonchev–Trinajstić information content (AvgIpc) is 2.48. The SMILES string of the molecule is COC(=O)c1ccc(OC(=S)N2CCOCC2)cc1. The highest BCUT2D eigenvalue weighted by atomic mass is 32.1. The summed E-state index contributed by atoms with van der Waals surface area (Å²) in [5.41, 5.74) is 0.479. The fraction of sp³-hybridized carbons (Fsp3) is 0.385. The number of benzene rings is 1. The number of carbonyl (C=O) groups excluding carboxylic acids is 1. The molecule has 0 N–H and O–H groups in total. The largest absolute Gasteiger partial charge is 0.465 e. The molecule has 0 aromatic heterocycles. The van der Waals surface area contributed by atoms with Gasteiger partial charge in [-0.2, -0.15) is 0 Å². The number of carbonyl (C=O) groups is 1. The van der Waals surface area contributed by atoms with E-state index in [4.69, 9.17) is 21.7 Å². The van der Waals surface area contributed by atoms with Crippen LogP contribution in [-0.4, -0.2) is 49.5 Å². The Morgan fingerprint density at radius 1 is 1.26 bits per heavy atom. The Kier molecular flexibility index (Phi) is 4.70. The molecule has 0 unspecified atom stereocenters. The van der Waals surface area contributed by atoms with Crippen LogP contribution in [0.5, 0.6) is 5.75 Å². The van der Waals surface area contributed by atoms with Crippen LogP contribution in [0.15, 0.2) is 24.3 Å². The molecule has 1 aliphatic rings. The molecule has 19 heavy (non-hydrogen) atoms. The minimum absolute atomic E-state index is 0.373. The Bertz CT molecular complexity index is 454. The van der Waals surface area contributed by atoms with E-state index in [-0.39, 0.29) is 5.97 Å². The van der Waals surface area contributed by atoms with Crippen molar-refractivity contribution < 1.29 is 19.0 Å². The van der Waals surface area contributed by atoms with Gasteiger partial charge in [0.05, 0.1) is 25.9 Å². The summed E-state index contributed by atoms with van der Waals surface area (Å²) >= 11 is 5.22. The number of esters is 1. The minimum atomic E-state index is -0.373. The Morgan fingerprint density at radius 3 is 2.47 bits per heavy atom. The highest BCUT2D eigenvalue weighted by Gasteiger charge is 2.15. The van der Waals surface area contributed by atoms with Crippen molar-refractivity contribution in [3.63, 3.8) is 0 Å². The molecule has 1 aliphatic heterocycles. The van der Waals surface area contributed by atoms with Gasteiger partial charge in [-0.25, -0.2) is 4.79 Å². The second-order valence-electron chi connectivity index (χ2n) is 3.98. The quantitative estimate of drug-likeness (QED) is 0.604. The third-order valence-corrected chi connectivity index (χ3v) is 3.09. The lowest BCUT2D eigenvalue weighted by Crippen LogP contribution is -2.42. The van der Waals surface area contributed by atoms with Crippen molar-refractivity contribution in [1.29, 1.82) is 0 Å². The molecule has 0 radical (unpaired) electrons. The van der Waals surface area contributed by atoms with Crippen molar-refractivity contribution in [2.24, 2.45) is 0 Å². The van der Waals surface area contributed by atoms with Crippen molar-refractivity contribution >= 4 is 23.4 Å². The van der Waals surface area contributed by atoms with E-state index in [1.165, 1.54) is 7.11 Å². The molecule has 1 fully saturated rings. The van der Waals surface area contributed by atoms with Gasteiger partial charge in [0.25, 0.3) is 5.17 Å². The number of methoxy groups -OCH3 is 1. The monoisotopic (exact) mass is 281 g/mol. The molecular weight excluding hydrogens is 266 g/mol. The Labute approximate surface area is 117 Å². The molecule has 1 aromatic rings. The molecule has 2 rings (SSSR count). The normalized spacial score (nSPS) is 14.9. The summed E-state index contributed by atoms with van der Waals surface area (Å²) in [6, 6.07) is 6.67. The lowest BCUT2D eigenvalue weighted by atomic mass is 10.2. The maximum absolute atomic E-state index is 11.3. The summed E-state index contributed by atoms with van der Waals surface area (Å²) < 4.78 is 15.4. The van der Waals surface area contributed by atoms with Gasteiger partial charge in [-0.05, 0) is 36.5 Å². The number of rotatable bonds is 2. The highest BCUT2D eigenvalue weighted by molar-refractivity contribution is 7.80. The van der Waals surface area contributed by atoms with E-state index in [1.807, 2.05) is 4.90 Å². The lowest BCUT2D eigenvalue weighted by Gasteiger charge is -2.28. The van der Waals surface area contributed by atoms with Crippen molar-refractivity contribution in [2.45, 2.75) is 0 Å². The maximum Gasteiger partial charge on any atom is 0.337 e. The molecule has 1 saturated heterocycles. The Morgan fingerprint density at radius 2 is 1.89 bits per heavy atom. The number of ether oxygens (including phenoxy) is 3. The summed E-state index contributed by atoms with van der Waals surface area (Å²) in [5.74, 6) is 0.228. The van der Waals surface area contributed by atoms with E-state index in [0.29, 0.717) is 29.7 Å². The van der Waals surface area contributed by atoms with Crippen LogP contribution in [-0.2, 0) is 9.47 Å². The van der Waals surface area contributed by atoms with Gasteiger partial charge in [0.15, 0.2) is 0 Å². The molecule has 0 saturated carbocycles. The summed E-state index contributed by atoms with van der Waals surface area (Å²) in [6.45, 7) is 2.79. The maximum atomic E-state index is 11.3. The zero-order chi connectivity index (χ0) is 13.7. The molecule has 0 atom stereocenters. The number of morpholine rings is 1. The molecule has 6 heteroatoms. The molecule has 0 bridgehead atoms. The second kappa shape index (κ2) is 6.49. The van der Waals surface area contributed by atoms with Gasteiger partial charge in [-0.3, -0.25) is 0 Å². The molecule has 0 amide bonds. The first-order valence-corrected chi connectivity index (χ1v) is 6.34. The zero-order valence-electron chi connectivity index (χ0n) is 10.6. The minimum Gasteiger partial charge on any atom is -0.465 e. The Balaban J connectivity index is 1.95. The first-order valence-electron chi connectivity index (χ1n) is 5.93. The van der Waals surface area contributed by atoms with Crippen molar-refractivity contribution in [3.05, 3.63) is 29.8 Å². The van der Waals surface area contributed by atoms with Gasteiger partial charge in [-0.15, -0.1) is 0 Å². The predicted octanol–water partition coefficient (Wildman–Crippen LogP) is 1.47. The summed E-state index contributed by atoms with van der Waals surface area (Å²) in [5, 5.41) is 0.425. The number of nitrogens with zero attached hydrogens (tertiary/aromatic N) is 1. The summed E-state index contributed by atoms with van der Waals surface area (Å²) in [6.07, 6.45) is 0. The Hall–Kier alpha value is -1.66. The molecule has 0 spiro atoms. The molecule has 1 aromatic carbocycles. The number of hydrogen-bond donors (Lipinski definition) is 0. The van der Waals surface area contributed by atoms with Crippen molar-refractivity contribution in [1.82, 2.24) is 4.90 Å². The second-order valence-corrected chi connectivity index (χ2v) is 4.33. The van der Waals surface area contributed by atoms with E-state index in [0.717, 1.165) is 13.1 Å². The van der Waals surface area contributed by atoms with E-state index < -0.39 is 0 Å². The third kappa shape index (κ3) is 3.65. The van der Waals surface area contributed by atoms with Crippen LogP contribution in [0.2, 0.25) is 0 Å². The van der Waals surface area contributed by atoms with E-state index in [2.05, 4.69) is 4.74 Å². The lowest BCUT2D eigenvalue weighted by molar-refractivity contribution is 0.0600. The van der Waals surface area contributed by atoms with Crippen LogP contribution < -0.4 is 4.74 Å². The van der Waals surface area contributed by atoms with Crippen LogP contribution in [0.3, 0.4) is 0 Å². The van der Waals surface area contributed by atoms with Crippen LogP contribution in [0.1, 0.15) is 10.4 Å². The number of thiocarbonyl (C=S) groups is 1. The standard InChI is InChI=1S/C13H15NO4S/c1-16-12(15)10-2-4-11(5-3-10)18-13(19)14-6-8-17-9-7-14/h2-5H,6-9H2,1H3. The highest BCUT2D eigenvalue weighted by Crippen LogP contribution is 2.14. The van der Waals surface area contributed by atoms with E-state index in [9.17, 15) is 4.79 Å². The molecule has 5 nitrogen and oxygen atoms in total. The fourth-order valence-electron chi connectivity index (χ4n) is 1.69. The molecule has 1 heterocycles. The van der Waals surface area contributed by atoms with Crippen molar-refractivity contribution in [3.8, 4) is 5.75 Å². The summed E-state index contributed by atoms with van der Waals surface area (Å²) in [4.78, 5) is 13.2. The summed E-state index contributed by atoms with van der Waals surface area (Å²) in [7, 11) is 1.35. The van der Waals surface area contributed by atoms with E-state index >= 15 is 0 Å². The van der Waals surface area contributed by atoms with Crippen LogP contribution in [0.4, 0.5) is 0 Å². The zero-order valence-corrected chi connectivity index (χ0v) is 11.4. The third-order valence-electron chi connectivity index (χ3n) is 2.75. The van der Waals surface area contributed by atoms with Gasteiger partial charge < -0.3 is 19.1 Å². The number of hydrogen-bond acceptors (Lipinski definition) is 5. The molecule has 0 aliphatic carbocycles. The van der Waals surface area contributed by atoms with Gasteiger partial charge in [0.1, 0.15) is 5.75 Å². The predicted molar refractivity (Wildman–Crippen MR) is 73.4 cm³/mol. The first kappa shape index (κ1) is 13.8. The van der Waals surface area contributed by atoms with Gasteiger partial charge in [0.2, 0.25) is 0 Å². The van der Waals surface area contributed by atoms with Crippen LogP contribution in [0.25, 0.3) is 0 Å². The van der Waals surface area contributed by atoms with Crippen molar-refractivity contribution in [2.75, 3.05) is 33.4 Å². The first-order chi connectivity index (χ1) is 9.20. The van der Waals surface area contributed by atoms with Gasteiger partial charge in [0, 0.05) is 13.1 Å².